The summed E-state index contributed by atoms with van der Waals surface area (Å²) in [5.41, 5.74) is 5.29. The molecule has 0 radical (unpaired) electrons. The van der Waals surface area contributed by atoms with Crippen molar-refractivity contribution in [2.75, 3.05) is 0 Å². The number of nitrogens with zero attached hydrogens (tertiary/aromatic N) is 1. The van der Waals surface area contributed by atoms with Crippen molar-refractivity contribution in [2.45, 2.75) is 51.9 Å². The van der Waals surface area contributed by atoms with Gasteiger partial charge in [-0.3, -0.25) is 4.79 Å². The molecule has 1 aromatic heterocycles. The van der Waals surface area contributed by atoms with E-state index in [4.69, 9.17) is 0 Å². The van der Waals surface area contributed by atoms with E-state index in [1.54, 1.807) is 0 Å². The third-order valence-corrected chi connectivity index (χ3v) is 4.66. The standard InChI is InChI=1S/C20H22N2O/c1-20(2,3)14-10-8-13(9-11-14)18-15-6-4-5-7-17(15)22-19(23)16(18)12-21/h8-11H,4-7H2,1-3H3,(H,22,23). The molecule has 0 unspecified atom stereocenters. The number of aryl methyl sites for hydroxylation is 1. The van der Waals surface area contributed by atoms with E-state index in [2.05, 4.69) is 44.0 Å². The largest absolute Gasteiger partial charge is 0.325 e. The van der Waals surface area contributed by atoms with Gasteiger partial charge in [-0.2, -0.15) is 5.26 Å². The minimum absolute atomic E-state index is 0.0875. The summed E-state index contributed by atoms with van der Waals surface area (Å²) < 4.78 is 0. The Balaban J connectivity index is 2.21. The van der Waals surface area contributed by atoms with Gasteiger partial charge >= 0.3 is 0 Å². The second kappa shape index (κ2) is 5.70. The Morgan fingerprint density at radius 2 is 1.74 bits per heavy atom. The third kappa shape index (κ3) is 2.82. The van der Waals surface area contributed by atoms with E-state index in [9.17, 15) is 10.1 Å². The Morgan fingerprint density at radius 1 is 1.09 bits per heavy atom. The molecule has 0 aliphatic heterocycles. The smallest absolute Gasteiger partial charge is 0.266 e. The minimum Gasteiger partial charge on any atom is -0.325 e. The zero-order valence-corrected chi connectivity index (χ0v) is 14.0. The van der Waals surface area contributed by atoms with Crippen LogP contribution >= 0.6 is 0 Å². The number of rotatable bonds is 1. The number of fused-ring (bicyclic) bond motifs is 1. The van der Waals surface area contributed by atoms with Gasteiger partial charge in [0.1, 0.15) is 11.6 Å². The quantitative estimate of drug-likeness (QED) is 0.862. The lowest BCUT2D eigenvalue weighted by Gasteiger charge is -2.22. The number of hydrogen-bond acceptors (Lipinski definition) is 2. The van der Waals surface area contributed by atoms with Gasteiger partial charge in [-0.1, -0.05) is 45.0 Å². The molecule has 0 fully saturated rings. The van der Waals surface area contributed by atoms with Crippen molar-refractivity contribution in [3.63, 3.8) is 0 Å². The first-order chi connectivity index (χ1) is 10.9. The molecule has 0 saturated carbocycles. The molecule has 0 amide bonds. The molecule has 1 heterocycles. The zero-order chi connectivity index (χ0) is 16.6. The molecule has 118 valence electrons. The van der Waals surface area contributed by atoms with E-state index >= 15 is 0 Å². The molecule has 1 N–H and O–H groups in total. The van der Waals surface area contributed by atoms with Gasteiger partial charge in [0.15, 0.2) is 0 Å². The molecular formula is C20H22N2O. The summed E-state index contributed by atoms with van der Waals surface area (Å²) in [5.74, 6) is 0. The van der Waals surface area contributed by atoms with E-state index in [0.29, 0.717) is 0 Å². The fourth-order valence-electron chi connectivity index (χ4n) is 3.35. The van der Waals surface area contributed by atoms with Crippen LogP contribution in [0.15, 0.2) is 29.1 Å². The van der Waals surface area contributed by atoms with Crippen LogP contribution in [-0.2, 0) is 18.3 Å². The van der Waals surface area contributed by atoms with Crippen LogP contribution in [0.4, 0.5) is 0 Å². The number of H-pyrrole nitrogens is 1. The molecule has 3 nitrogen and oxygen atoms in total. The lowest BCUT2D eigenvalue weighted by molar-refractivity contribution is 0.590. The average Bonchev–Trinajstić information content (AvgIpc) is 2.53. The molecule has 0 saturated heterocycles. The molecular weight excluding hydrogens is 284 g/mol. The number of hydrogen-bond donors (Lipinski definition) is 1. The molecule has 3 heteroatoms. The van der Waals surface area contributed by atoms with E-state index in [1.807, 2.05) is 12.1 Å². The maximum absolute atomic E-state index is 12.3. The topological polar surface area (TPSA) is 56.6 Å². The predicted octanol–water partition coefficient (Wildman–Crippen LogP) is 4.09. The maximum atomic E-state index is 12.3. The van der Waals surface area contributed by atoms with Gasteiger partial charge in [-0.05, 0) is 47.8 Å². The first-order valence-corrected chi connectivity index (χ1v) is 8.21. The van der Waals surface area contributed by atoms with Gasteiger partial charge in [-0.25, -0.2) is 0 Å². The van der Waals surface area contributed by atoms with Crippen LogP contribution < -0.4 is 5.56 Å². The van der Waals surface area contributed by atoms with Crippen molar-refractivity contribution in [3.8, 4) is 17.2 Å². The average molecular weight is 306 g/mol. The highest BCUT2D eigenvalue weighted by Crippen LogP contribution is 2.33. The molecule has 1 aliphatic rings. The van der Waals surface area contributed by atoms with E-state index in [1.165, 1.54) is 5.56 Å². The monoisotopic (exact) mass is 306 g/mol. The molecule has 0 bridgehead atoms. The Labute approximate surface area is 137 Å². The summed E-state index contributed by atoms with van der Waals surface area (Å²) in [6.45, 7) is 6.54. The Bertz CT molecular complexity index is 830. The van der Waals surface area contributed by atoms with Gasteiger partial charge < -0.3 is 4.98 Å². The van der Waals surface area contributed by atoms with Crippen molar-refractivity contribution in [1.29, 1.82) is 5.26 Å². The lowest BCUT2D eigenvalue weighted by Crippen LogP contribution is -2.20. The predicted molar refractivity (Wildman–Crippen MR) is 92.6 cm³/mol. The van der Waals surface area contributed by atoms with Gasteiger partial charge in [0.25, 0.3) is 5.56 Å². The number of nitriles is 1. The lowest BCUT2D eigenvalue weighted by atomic mass is 9.84. The zero-order valence-electron chi connectivity index (χ0n) is 14.0. The summed E-state index contributed by atoms with van der Waals surface area (Å²) in [6, 6.07) is 10.4. The number of nitrogens with one attached hydrogen (secondary N) is 1. The SMILES string of the molecule is CC(C)(C)c1ccc(-c2c3c([nH]c(=O)c2C#N)CCCC3)cc1. The van der Waals surface area contributed by atoms with Crippen molar-refractivity contribution in [1.82, 2.24) is 4.98 Å². The van der Waals surface area contributed by atoms with Crippen LogP contribution in [0.25, 0.3) is 11.1 Å². The van der Waals surface area contributed by atoms with Gasteiger partial charge in [-0.15, -0.1) is 0 Å². The highest BCUT2D eigenvalue weighted by atomic mass is 16.1. The maximum Gasteiger partial charge on any atom is 0.266 e. The van der Waals surface area contributed by atoms with Crippen molar-refractivity contribution < 1.29 is 0 Å². The number of benzene rings is 1. The van der Waals surface area contributed by atoms with E-state index in [0.717, 1.165) is 48.1 Å². The van der Waals surface area contributed by atoms with Crippen molar-refractivity contribution >= 4 is 0 Å². The highest BCUT2D eigenvalue weighted by Gasteiger charge is 2.21. The van der Waals surface area contributed by atoms with Crippen molar-refractivity contribution in [2.24, 2.45) is 0 Å². The normalized spacial score (nSPS) is 14.2. The van der Waals surface area contributed by atoms with Gasteiger partial charge in [0, 0.05) is 11.3 Å². The van der Waals surface area contributed by atoms with Crippen LogP contribution in [0.1, 0.15) is 56.0 Å². The second-order valence-electron chi connectivity index (χ2n) is 7.31. The second-order valence-corrected chi connectivity index (χ2v) is 7.31. The van der Waals surface area contributed by atoms with Crippen LogP contribution in [0, 0.1) is 11.3 Å². The first kappa shape index (κ1) is 15.6. The van der Waals surface area contributed by atoms with Crippen LogP contribution in [0.5, 0.6) is 0 Å². The highest BCUT2D eigenvalue weighted by molar-refractivity contribution is 5.74. The molecule has 23 heavy (non-hydrogen) atoms. The fraction of sp³-hybridized carbons (Fsp3) is 0.400. The summed E-state index contributed by atoms with van der Waals surface area (Å²) in [4.78, 5) is 15.2. The minimum atomic E-state index is -0.261. The number of aromatic amines is 1. The fourth-order valence-corrected chi connectivity index (χ4v) is 3.35. The van der Waals surface area contributed by atoms with Crippen LogP contribution in [0.3, 0.4) is 0 Å². The van der Waals surface area contributed by atoms with E-state index in [-0.39, 0.29) is 16.5 Å². The summed E-state index contributed by atoms with van der Waals surface area (Å²) in [5, 5.41) is 9.48. The third-order valence-electron chi connectivity index (χ3n) is 4.66. The number of aromatic nitrogens is 1. The Hall–Kier alpha value is -2.34. The van der Waals surface area contributed by atoms with Crippen molar-refractivity contribution in [3.05, 3.63) is 57.0 Å². The summed E-state index contributed by atoms with van der Waals surface area (Å²) in [6.07, 6.45) is 4.02. The van der Waals surface area contributed by atoms with E-state index < -0.39 is 0 Å². The molecule has 1 aromatic carbocycles. The van der Waals surface area contributed by atoms with Gasteiger partial charge in [0.2, 0.25) is 0 Å². The Kier molecular flexibility index (Phi) is 3.85. The number of pyridine rings is 1. The van der Waals surface area contributed by atoms with Crippen LogP contribution in [-0.4, -0.2) is 4.98 Å². The molecule has 0 atom stereocenters. The molecule has 1 aliphatic carbocycles. The molecule has 3 rings (SSSR count). The first-order valence-electron chi connectivity index (χ1n) is 8.21. The molecule has 0 spiro atoms. The Morgan fingerprint density at radius 3 is 2.35 bits per heavy atom. The summed E-state index contributed by atoms with van der Waals surface area (Å²) in [7, 11) is 0. The van der Waals surface area contributed by atoms with Crippen LogP contribution in [0.2, 0.25) is 0 Å². The molecule has 2 aromatic rings. The summed E-state index contributed by atoms with van der Waals surface area (Å²) >= 11 is 0. The van der Waals surface area contributed by atoms with Gasteiger partial charge in [0.05, 0.1) is 0 Å².